The van der Waals surface area contributed by atoms with Gasteiger partial charge in [-0.15, -0.1) is 0 Å². The van der Waals surface area contributed by atoms with E-state index >= 15 is 0 Å². The predicted octanol–water partition coefficient (Wildman–Crippen LogP) is 2.87. The summed E-state index contributed by atoms with van der Waals surface area (Å²) in [5.41, 5.74) is 0.555. The molecule has 6 nitrogen and oxygen atoms in total. The smallest absolute Gasteiger partial charge is 0.263 e. The molecule has 2 aliphatic rings. The molecule has 27 heavy (non-hydrogen) atoms. The van der Waals surface area contributed by atoms with Gasteiger partial charge in [0.05, 0.1) is 6.33 Å². The molecule has 1 saturated heterocycles. The Morgan fingerprint density at radius 1 is 1.26 bits per heavy atom. The van der Waals surface area contributed by atoms with Crippen LogP contribution in [0.25, 0.3) is 0 Å². The van der Waals surface area contributed by atoms with Gasteiger partial charge >= 0.3 is 0 Å². The van der Waals surface area contributed by atoms with E-state index in [-0.39, 0.29) is 22.5 Å². The predicted molar refractivity (Wildman–Crippen MR) is 97.0 cm³/mol. The number of sulfonamides is 1. The molecule has 2 fully saturated rings. The van der Waals surface area contributed by atoms with E-state index in [1.165, 1.54) is 29.0 Å². The molecule has 1 aromatic carbocycles. The quantitative estimate of drug-likeness (QED) is 0.815. The summed E-state index contributed by atoms with van der Waals surface area (Å²) < 4.78 is 54.8. The standard InChI is InChI=1S/C18H22F2N4O2S/c1-23-10-17(21-11-23)27(25,26)24-8-15(12-5-6-12)16(9-24)22-14-4-2-3-13(7-14)18(19)20/h2-4,7,10-12,15-16,18,22H,5-6,8-9H2,1H3/t15-,16+/m0/s1. The number of hydrogen-bond acceptors (Lipinski definition) is 4. The van der Waals surface area contributed by atoms with Crippen LogP contribution in [0, 0.1) is 11.8 Å². The molecular weight excluding hydrogens is 374 g/mol. The molecule has 0 amide bonds. The van der Waals surface area contributed by atoms with Crippen molar-refractivity contribution in [3.05, 3.63) is 42.4 Å². The molecule has 0 spiro atoms. The molecule has 0 unspecified atom stereocenters. The van der Waals surface area contributed by atoms with Gasteiger partial charge in [0.15, 0.2) is 5.03 Å². The SMILES string of the molecule is Cn1cnc(S(=O)(=O)N2C[C@@H](Nc3cccc(C(F)F)c3)[C@H](C3CC3)C2)c1. The first-order valence-corrected chi connectivity index (χ1v) is 10.4. The van der Waals surface area contributed by atoms with Gasteiger partial charge in [-0.05, 0) is 36.8 Å². The highest BCUT2D eigenvalue weighted by Gasteiger charge is 2.46. The van der Waals surface area contributed by atoms with Crippen LogP contribution in [0.2, 0.25) is 0 Å². The van der Waals surface area contributed by atoms with Crippen LogP contribution in [0.1, 0.15) is 24.8 Å². The third kappa shape index (κ3) is 3.70. The fourth-order valence-electron chi connectivity index (χ4n) is 3.78. The van der Waals surface area contributed by atoms with Gasteiger partial charge in [0.25, 0.3) is 16.4 Å². The van der Waals surface area contributed by atoms with Crippen LogP contribution in [0.15, 0.2) is 41.8 Å². The van der Waals surface area contributed by atoms with Crippen molar-refractivity contribution in [2.45, 2.75) is 30.3 Å². The molecule has 1 aromatic heterocycles. The minimum Gasteiger partial charge on any atom is -0.381 e. The number of nitrogens with zero attached hydrogens (tertiary/aromatic N) is 3. The van der Waals surface area contributed by atoms with Gasteiger partial charge in [-0.3, -0.25) is 0 Å². The van der Waals surface area contributed by atoms with Crippen molar-refractivity contribution in [1.82, 2.24) is 13.9 Å². The fourth-order valence-corrected chi connectivity index (χ4v) is 5.24. The number of rotatable bonds is 6. The molecule has 9 heteroatoms. The minimum atomic E-state index is -3.66. The van der Waals surface area contributed by atoms with Crippen molar-refractivity contribution in [2.24, 2.45) is 18.9 Å². The highest BCUT2D eigenvalue weighted by molar-refractivity contribution is 7.89. The van der Waals surface area contributed by atoms with E-state index in [1.54, 1.807) is 23.7 Å². The summed E-state index contributed by atoms with van der Waals surface area (Å²) in [5, 5.41) is 3.34. The zero-order valence-electron chi connectivity index (χ0n) is 14.9. The van der Waals surface area contributed by atoms with Gasteiger partial charge in [0, 0.05) is 43.6 Å². The Bertz CT molecular complexity index is 927. The zero-order chi connectivity index (χ0) is 19.2. The van der Waals surface area contributed by atoms with Crippen molar-refractivity contribution in [3.63, 3.8) is 0 Å². The molecule has 1 aliphatic heterocycles. The van der Waals surface area contributed by atoms with Crippen LogP contribution in [-0.4, -0.2) is 41.4 Å². The van der Waals surface area contributed by atoms with Crippen molar-refractivity contribution in [2.75, 3.05) is 18.4 Å². The lowest BCUT2D eigenvalue weighted by atomic mass is 9.98. The fraction of sp³-hybridized carbons (Fsp3) is 0.500. The first-order valence-electron chi connectivity index (χ1n) is 8.97. The molecular formula is C18H22F2N4O2S. The number of aromatic nitrogens is 2. The van der Waals surface area contributed by atoms with Crippen molar-refractivity contribution < 1.29 is 17.2 Å². The topological polar surface area (TPSA) is 67.2 Å². The monoisotopic (exact) mass is 396 g/mol. The second kappa shape index (κ2) is 6.87. The minimum absolute atomic E-state index is 0.0416. The van der Waals surface area contributed by atoms with E-state index in [4.69, 9.17) is 0 Å². The van der Waals surface area contributed by atoms with Crippen molar-refractivity contribution in [3.8, 4) is 0 Å². The number of hydrogen-bond donors (Lipinski definition) is 1. The summed E-state index contributed by atoms with van der Waals surface area (Å²) >= 11 is 0. The lowest BCUT2D eigenvalue weighted by molar-refractivity contribution is 0.151. The molecule has 4 rings (SSSR count). The molecule has 0 radical (unpaired) electrons. The number of imidazole rings is 1. The average molecular weight is 396 g/mol. The first kappa shape index (κ1) is 18.4. The summed E-state index contributed by atoms with van der Waals surface area (Å²) in [4.78, 5) is 3.99. The molecule has 1 aliphatic carbocycles. The first-order chi connectivity index (χ1) is 12.8. The molecule has 2 heterocycles. The second-order valence-corrected chi connectivity index (χ2v) is 9.26. The van der Waals surface area contributed by atoms with E-state index in [1.807, 2.05) is 0 Å². The van der Waals surface area contributed by atoms with E-state index in [0.717, 1.165) is 12.8 Å². The van der Waals surface area contributed by atoms with Crippen LogP contribution in [0.3, 0.4) is 0 Å². The number of nitrogens with one attached hydrogen (secondary N) is 1. The maximum atomic E-state index is 13.0. The normalized spacial score (nSPS) is 23.9. The Kier molecular flexibility index (Phi) is 4.67. The van der Waals surface area contributed by atoms with E-state index < -0.39 is 16.4 Å². The number of alkyl halides is 2. The maximum absolute atomic E-state index is 13.0. The second-order valence-electron chi connectivity index (χ2n) is 7.38. The van der Waals surface area contributed by atoms with Crippen LogP contribution in [0.5, 0.6) is 0 Å². The molecule has 1 saturated carbocycles. The number of anilines is 1. The number of halogens is 2. The Hall–Kier alpha value is -2.00. The summed E-state index contributed by atoms with van der Waals surface area (Å²) in [6.45, 7) is 0.731. The Labute approximate surface area is 157 Å². The lowest BCUT2D eigenvalue weighted by Gasteiger charge is -2.21. The van der Waals surface area contributed by atoms with Gasteiger partial charge in [-0.2, -0.15) is 4.31 Å². The summed E-state index contributed by atoms with van der Waals surface area (Å²) in [6.07, 6.45) is 2.59. The van der Waals surface area contributed by atoms with E-state index in [2.05, 4.69) is 10.3 Å². The third-order valence-electron chi connectivity index (χ3n) is 5.34. The van der Waals surface area contributed by atoms with E-state index in [0.29, 0.717) is 24.7 Å². The van der Waals surface area contributed by atoms with Gasteiger partial charge in [0.2, 0.25) is 0 Å². The largest absolute Gasteiger partial charge is 0.381 e. The number of benzene rings is 1. The van der Waals surface area contributed by atoms with Crippen LogP contribution in [-0.2, 0) is 17.1 Å². The zero-order valence-corrected chi connectivity index (χ0v) is 15.7. The Morgan fingerprint density at radius 3 is 2.67 bits per heavy atom. The van der Waals surface area contributed by atoms with Gasteiger partial charge in [0.1, 0.15) is 0 Å². The number of aryl methyl sites for hydroxylation is 1. The third-order valence-corrected chi connectivity index (χ3v) is 7.05. The van der Waals surface area contributed by atoms with Crippen molar-refractivity contribution in [1.29, 1.82) is 0 Å². The van der Waals surface area contributed by atoms with Gasteiger partial charge < -0.3 is 9.88 Å². The van der Waals surface area contributed by atoms with Gasteiger partial charge in [-0.1, -0.05) is 12.1 Å². The van der Waals surface area contributed by atoms with Crippen molar-refractivity contribution >= 4 is 15.7 Å². The lowest BCUT2D eigenvalue weighted by Crippen LogP contribution is -2.32. The van der Waals surface area contributed by atoms with Gasteiger partial charge in [-0.25, -0.2) is 22.2 Å². The Morgan fingerprint density at radius 2 is 2.04 bits per heavy atom. The molecule has 2 aromatic rings. The summed E-state index contributed by atoms with van der Waals surface area (Å²) in [6, 6.07) is 6.05. The molecule has 2 atom stereocenters. The highest BCUT2D eigenvalue weighted by Crippen LogP contribution is 2.43. The molecule has 146 valence electrons. The summed E-state index contributed by atoms with van der Waals surface area (Å²) in [7, 11) is -1.94. The van der Waals surface area contributed by atoms with Crippen LogP contribution in [0.4, 0.5) is 14.5 Å². The summed E-state index contributed by atoms with van der Waals surface area (Å²) in [5.74, 6) is 0.642. The molecule has 1 N–H and O–H groups in total. The van der Waals surface area contributed by atoms with E-state index in [9.17, 15) is 17.2 Å². The maximum Gasteiger partial charge on any atom is 0.263 e. The average Bonchev–Trinajstić information content (AvgIpc) is 3.23. The van der Waals surface area contributed by atoms with Crippen LogP contribution < -0.4 is 5.32 Å². The van der Waals surface area contributed by atoms with Crippen LogP contribution >= 0.6 is 0 Å². The highest BCUT2D eigenvalue weighted by atomic mass is 32.2. The molecule has 0 bridgehead atoms. The Balaban J connectivity index is 1.55.